The Morgan fingerprint density at radius 1 is 1.10 bits per heavy atom. The molecular formula is C23H24ClN3OS. The van der Waals surface area contributed by atoms with Crippen LogP contribution in [0, 0.1) is 27.7 Å². The molecule has 0 saturated carbocycles. The SMILES string of the molecule is Cc1cccc(C)c1-n1c(C)cc(/C=N/NC(=O)CSc2ccc(Cl)cc2)c1C. The van der Waals surface area contributed by atoms with E-state index < -0.39 is 0 Å². The number of hydrazone groups is 1. The molecule has 6 heteroatoms. The van der Waals surface area contributed by atoms with E-state index in [4.69, 9.17) is 11.6 Å². The van der Waals surface area contributed by atoms with Crippen LogP contribution in [0.2, 0.25) is 5.02 Å². The van der Waals surface area contributed by atoms with Crippen molar-refractivity contribution in [2.75, 3.05) is 5.75 Å². The molecule has 0 spiro atoms. The lowest BCUT2D eigenvalue weighted by Crippen LogP contribution is -2.19. The fraction of sp³-hybridized carbons (Fsp3) is 0.217. The zero-order valence-electron chi connectivity index (χ0n) is 17.0. The van der Waals surface area contributed by atoms with Crippen molar-refractivity contribution in [1.82, 2.24) is 9.99 Å². The van der Waals surface area contributed by atoms with Gasteiger partial charge < -0.3 is 4.57 Å². The van der Waals surface area contributed by atoms with E-state index in [0.29, 0.717) is 10.8 Å². The molecule has 0 saturated heterocycles. The summed E-state index contributed by atoms with van der Waals surface area (Å²) in [6.07, 6.45) is 1.71. The first-order chi connectivity index (χ1) is 13.9. The quantitative estimate of drug-likeness (QED) is 0.317. The van der Waals surface area contributed by atoms with Crippen LogP contribution in [0.15, 0.2) is 58.5 Å². The lowest BCUT2D eigenvalue weighted by Gasteiger charge is -2.15. The maximum atomic E-state index is 12.1. The first kappa shape index (κ1) is 21.2. The van der Waals surface area contributed by atoms with Crippen molar-refractivity contribution in [1.29, 1.82) is 0 Å². The van der Waals surface area contributed by atoms with Gasteiger partial charge in [0.15, 0.2) is 0 Å². The molecule has 3 rings (SSSR count). The zero-order valence-corrected chi connectivity index (χ0v) is 18.6. The number of aromatic nitrogens is 1. The Kier molecular flexibility index (Phi) is 6.83. The standard InChI is InChI=1S/C23H24ClN3OS/c1-15-6-5-7-16(2)23(15)27-17(3)12-19(18(27)4)13-25-26-22(28)14-29-21-10-8-20(24)9-11-21/h5-13H,14H2,1-4H3,(H,26,28)/b25-13+. The summed E-state index contributed by atoms with van der Waals surface area (Å²) in [4.78, 5) is 13.1. The third-order valence-electron chi connectivity index (χ3n) is 4.71. The summed E-state index contributed by atoms with van der Waals surface area (Å²) < 4.78 is 2.24. The summed E-state index contributed by atoms with van der Waals surface area (Å²) in [7, 11) is 0. The second kappa shape index (κ2) is 9.33. The normalized spacial score (nSPS) is 11.2. The topological polar surface area (TPSA) is 46.4 Å². The molecule has 0 aliphatic rings. The van der Waals surface area contributed by atoms with E-state index in [1.54, 1.807) is 6.21 Å². The van der Waals surface area contributed by atoms with Crippen LogP contribution in [0.1, 0.15) is 28.1 Å². The number of carbonyl (C=O) groups is 1. The number of nitrogens with zero attached hydrogens (tertiary/aromatic N) is 2. The molecule has 2 aromatic carbocycles. The van der Waals surface area contributed by atoms with Gasteiger partial charge in [-0.2, -0.15) is 5.10 Å². The van der Waals surface area contributed by atoms with E-state index >= 15 is 0 Å². The van der Waals surface area contributed by atoms with Gasteiger partial charge in [-0.1, -0.05) is 29.8 Å². The average Bonchev–Trinajstić information content (AvgIpc) is 2.95. The third-order valence-corrected chi connectivity index (χ3v) is 5.97. The van der Waals surface area contributed by atoms with E-state index in [1.807, 2.05) is 24.3 Å². The Morgan fingerprint density at radius 3 is 2.41 bits per heavy atom. The number of carbonyl (C=O) groups excluding carboxylic acids is 1. The molecule has 0 aliphatic heterocycles. The zero-order chi connectivity index (χ0) is 21.0. The maximum absolute atomic E-state index is 12.1. The molecule has 0 unspecified atom stereocenters. The fourth-order valence-corrected chi connectivity index (χ4v) is 4.12. The smallest absolute Gasteiger partial charge is 0.250 e. The summed E-state index contributed by atoms with van der Waals surface area (Å²) in [6, 6.07) is 15.8. The number of aryl methyl sites for hydroxylation is 3. The van der Waals surface area contributed by atoms with Crippen LogP contribution in [0.4, 0.5) is 0 Å². The fourth-order valence-electron chi connectivity index (χ4n) is 3.31. The number of hydrogen-bond acceptors (Lipinski definition) is 3. The Labute approximate surface area is 181 Å². The van der Waals surface area contributed by atoms with Crippen LogP contribution in [-0.4, -0.2) is 22.4 Å². The van der Waals surface area contributed by atoms with E-state index in [2.05, 4.69) is 67.1 Å². The van der Waals surface area contributed by atoms with E-state index in [0.717, 1.165) is 21.8 Å². The van der Waals surface area contributed by atoms with Gasteiger partial charge in [-0.25, -0.2) is 5.43 Å². The maximum Gasteiger partial charge on any atom is 0.250 e. The number of amides is 1. The van der Waals surface area contributed by atoms with Crippen molar-refractivity contribution in [2.24, 2.45) is 5.10 Å². The third kappa shape index (κ3) is 5.11. The van der Waals surface area contributed by atoms with Gasteiger partial charge in [0.25, 0.3) is 0 Å². The van der Waals surface area contributed by atoms with E-state index in [-0.39, 0.29) is 5.91 Å². The second-order valence-corrected chi connectivity index (χ2v) is 8.42. The van der Waals surface area contributed by atoms with Gasteiger partial charge in [0.05, 0.1) is 17.7 Å². The number of hydrogen-bond donors (Lipinski definition) is 1. The first-order valence-electron chi connectivity index (χ1n) is 9.32. The molecular weight excluding hydrogens is 402 g/mol. The molecule has 1 amide bonds. The van der Waals surface area contributed by atoms with Gasteiger partial charge in [-0.3, -0.25) is 4.79 Å². The lowest BCUT2D eigenvalue weighted by molar-refractivity contribution is -0.118. The Hall–Kier alpha value is -2.50. The van der Waals surface area contributed by atoms with E-state index in [9.17, 15) is 4.79 Å². The summed E-state index contributed by atoms with van der Waals surface area (Å²) >= 11 is 7.32. The number of para-hydroxylation sites is 1. The minimum Gasteiger partial charge on any atom is -0.317 e. The highest BCUT2D eigenvalue weighted by molar-refractivity contribution is 8.00. The Morgan fingerprint density at radius 2 is 1.76 bits per heavy atom. The van der Waals surface area contributed by atoms with Crippen molar-refractivity contribution >= 4 is 35.5 Å². The highest BCUT2D eigenvalue weighted by Gasteiger charge is 2.13. The second-order valence-electron chi connectivity index (χ2n) is 6.94. The Bertz CT molecular complexity index is 1030. The van der Waals surface area contributed by atoms with Gasteiger partial charge >= 0.3 is 0 Å². The van der Waals surface area contributed by atoms with Crippen LogP contribution < -0.4 is 5.43 Å². The monoisotopic (exact) mass is 425 g/mol. The molecule has 3 aromatic rings. The van der Waals surface area contributed by atoms with Gasteiger partial charge in [0, 0.05) is 26.9 Å². The summed E-state index contributed by atoms with van der Waals surface area (Å²) in [6.45, 7) is 8.39. The molecule has 1 aromatic heterocycles. The molecule has 1 N–H and O–H groups in total. The van der Waals surface area contributed by atoms with Crippen LogP contribution >= 0.6 is 23.4 Å². The molecule has 0 radical (unpaired) electrons. The summed E-state index contributed by atoms with van der Waals surface area (Å²) in [5.41, 5.74) is 9.46. The van der Waals surface area contributed by atoms with E-state index in [1.165, 1.54) is 28.6 Å². The van der Waals surface area contributed by atoms with Crippen molar-refractivity contribution < 1.29 is 4.79 Å². The minimum atomic E-state index is -0.148. The predicted octanol–water partition coefficient (Wildman–Crippen LogP) is 5.61. The van der Waals surface area contributed by atoms with Gasteiger partial charge in [-0.05, 0) is 69.2 Å². The average molecular weight is 426 g/mol. The highest BCUT2D eigenvalue weighted by Crippen LogP contribution is 2.25. The Balaban J connectivity index is 1.67. The minimum absolute atomic E-state index is 0.148. The number of rotatable bonds is 6. The highest BCUT2D eigenvalue weighted by atomic mass is 35.5. The molecule has 0 aliphatic carbocycles. The van der Waals surface area contributed by atoms with Gasteiger partial charge in [0.2, 0.25) is 5.91 Å². The summed E-state index contributed by atoms with van der Waals surface area (Å²) in [5.74, 6) is 0.144. The van der Waals surface area contributed by atoms with Crippen LogP contribution in [-0.2, 0) is 4.79 Å². The van der Waals surface area contributed by atoms with Crippen LogP contribution in [0.5, 0.6) is 0 Å². The van der Waals surface area contributed by atoms with Crippen molar-refractivity contribution in [2.45, 2.75) is 32.6 Å². The predicted molar refractivity (Wildman–Crippen MR) is 123 cm³/mol. The molecule has 0 atom stereocenters. The molecule has 0 fully saturated rings. The first-order valence-corrected chi connectivity index (χ1v) is 10.7. The summed E-state index contributed by atoms with van der Waals surface area (Å²) in [5, 5.41) is 4.83. The number of nitrogens with one attached hydrogen (secondary N) is 1. The molecule has 29 heavy (non-hydrogen) atoms. The lowest BCUT2D eigenvalue weighted by atomic mass is 10.1. The number of thioether (sulfide) groups is 1. The van der Waals surface area contributed by atoms with Crippen LogP contribution in [0.3, 0.4) is 0 Å². The van der Waals surface area contributed by atoms with Crippen molar-refractivity contribution in [3.8, 4) is 5.69 Å². The largest absolute Gasteiger partial charge is 0.317 e. The van der Waals surface area contributed by atoms with Crippen LogP contribution in [0.25, 0.3) is 5.69 Å². The van der Waals surface area contributed by atoms with Crippen molar-refractivity contribution in [3.05, 3.63) is 81.6 Å². The molecule has 1 heterocycles. The molecule has 150 valence electrons. The van der Waals surface area contributed by atoms with Gasteiger partial charge in [-0.15, -0.1) is 11.8 Å². The molecule has 4 nitrogen and oxygen atoms in total. The van der Waals surface area contributed by atoms with Gasteiger partial charge in [0.1, 0.15) is 0 Å². The number of benzene rings is 2. The van der Waals surface area contributed by atoms with Crippen molar-refractivity contribution in [3.63, 3.8) is 0 Å². The number of halogens is 1. The molecule has 0 bridgehead atoms.